The van der Waals surface area contributed by atoms with Crippen molar-refractivity contribution >= 4 is 28.1 Å². The number of anilines is 1. The Hall–Kier alpha value is -3.44. The minimum absolute atomic E-state index is 0.000595. The number of hydrogen-bond acceptors (Lipinski definition) is 8. The molecule has 186 valence electrons. The third kappa shape index (κ3) is 3.92. The molecule has 3 heterocycles. The topological polar surface area (TPSA) is 109 Å². The Kier molecular flexibility index (Phi) is 6.21. The predicted molar refractivity (Wildman–Crippen MR) is 138 cm³/mol. The fourth-order valence-corrected chi connectivity index (χ4v) is 7.16. The van der Waals surface area contributed by atoms with Crippen LogP contribution in [0.5, 0.6) is 0 Å². The fraction of sp³-hybridized carbons (Fsp3) is 0.429. The lowest BCUT2D eigenvalue weighted by atomic mass is 9.69. The van der Waals surface area contributed by atoms with Gasteiger partial charge in [-0.25, -0.2) is 4.79 Å². The highest BCUT2D eigenvalue weighted by Crippen LogP contribution is 2.53. The summed E-state index contributed by atoms with van der Waals surface area (Å²) in [5.41, 5.74) is 10.5. The summed E-state index contributed by atoms with van der Waals surface area (Å²) in [5.74, 6) is -0.700. The normalized spacial score (nSPS) is 21.1. The van der Waals surface area contributed by atoms with Crippen LogP contribution in [0.1, 0.15) is 78.7 Å². The SMILES string of the molecule is CCOC(=O)c1c(N2C(N)=C(C#N)[C@H](c3cccnc3)C3=C2CC(C)(C)CC3=O)sc2c1CCCC2. The number of ether oxygens (including phenoxy) is 1. The highest BCUT2D eigenvalue weighted by molar-refractivity contribution is 7.16. The Balaban J connectivity index is 1.79. The van der Waals surface area contributed by atoms with Crippen molar-refractivity contribution in [3.8, 4) is 6.07 Å². The molecule has 2 aromatic rings. The second-order valence-electron chi connectivity index (χ2n) is 10.4. The van der Waals surface area contributed by atoms with Gasteiger partial charge in [0, 0.05) is 35.0 Å². The maximum atomic E-state index is 13.7. The van der Waals surface area contributed by atoms with E-state index < -0.39 is 5.92 Å². The van der Waals surface area contributed by atoms with E-state index in [9.17, 15) is 14.9 Å². The Labute approximate surface area is 215 Å². The molecule has 3 aliphatic rings. The first-order chi connectivity index (χ1) is 17.3. The number of hydrogen-bond donors (Lipinski definition) is 1. The number of thiophene rings is 1. The molecule has 2 aliphatic carbocycles. The minimum Gasteiger partial charge on any atom is -0.462 e. The highest BCUT2D eigenvalue weighted by atomic mass is 32.1. The van der Waals surface area contributed by atoms with Crippen LogP contribution in [0.25, 0.3) is 0 Å². The number of aryl methyl sites for hydroxylation is 1. The molecule has 0 radical (unpaired) electrons. The van der Waals surface area contributed by atoms with Gasteiger partial charge < -0.3 is 10.5 Å². The molecule has 0 amide bonds. The predicted octanol–water partition coefficient (Wildman–Crippen LogP) is 5.14. The van der Waals surface area contributed by atoms with Crippen molar-refractivity contribution < 1.29 is 14.3 Å². The first kappa shape index (κ1) is 24.3. The maximum Gasteiger partial charge on any atom is 0.341 e. The standard InChI is InChI=1S/C28H30N4O3S/c1-4-35-27(34)23-17-9-5-6-10-21(17)36-26(23)32-19-12-28(2,3)13-20(33)24(19)22(18(14-29)25(32)30)16-8-7-11-31-15-16/h7-8,11,15,22H,4-6,9-10,12-13,30H2,1-3H3/t22-/m0/s1. The average Bonchev–Trinajstić information content (AvgIpc) is 3.22. The number of pyridine rings is 1. The van der Waals surface area contributed by atoms with Gasteiger partial charge >= 0.3 is 5.97 Å². The Bertz CT molecular complexity index is 1350. The molecule has 8 heteroatoms. The molecule has 0 saturated heterocycles. The number of carbonyl (C=O) groups is 2. The van der Waals surface area contributed by atoms with Gasteiger partial charge in [-0.2, -0.15) is 5.26 Å². The second kappa shape index (κ2) is 9.21. The summed E-state index contributed by atoms with van der Waals surface area (Å²) in [6.45, 7) is 6.19. The van der Waals surface area contributed by atoms with Crippen LogP contribution in [0.3, 0.4) is 0 Å². The molecule has 5 rings (SSSR count). The van der Waals surface area contributed by atoms with Crippen molar-refractivity contribution in [1.82, 2.24) is 4.98 Å². The summed E-state index contributed by atoms with van der Waals surface area (Å²) in [6, 6.07) is 5.98. The molecule has 0 unspecified atom stereocenters. The van der Waals surface area contributed by atoms with E-state index in [2.05, 4.69) is 24.9 Å². The lowest BCUT2D eigenvalue weighted by Gasteiger charge is -2.43. The van der Waals surface area contributed by atoms with Gasteiger partial charge in [0.25, 0.3) is 0 Å². The summed E-state index contributed by atoms with van der Waals surface area (Å²) in [4.78, 5) is 34.2. The molecular formula is C28H30N4O3S. The van der Waals surface area contributed by atoms with Crippen LogP contribution in [-0.2, 0) is 22.4 Å². The third-order valence-electron chi connectivity index (χ3n) is 7.23. The van der Waals surface area contributed by atoms with Gasteiger partial charge in [-0.3, -0.25) is 14.7 Å². The van der Waals surface area contributed by atoms with E-state index in [4.69, 9.17) is 10.5 Å². The van der Waals surface area contributed by atoms with Crippen LogP contribution in [-0.4, -0.2) is 23.3 Å². The van der Waals surface area contributed by atoms with Gasteiger partial charge in [-0.05, 0) is 61.6 Å². The quantitative estimate of drug-likeness (QED) is 0.577. The fourth-order valence-electron chi connectivity index (χ4n) is 5.74. The molecule has 1 atom stereocenters. The number of fused-ring (bicyclic) bond motifs is 1. The zero-order chi connectivity index (χ0) is 25.6. The molecule has 36 heavy (non-hydrogen) atoms. The third-order valence-corrected chi connectivity index (χ3v) is 8.51. The molecule has 2 aromatic heterocycles. The zero-order valence-corrected chi connectivity index (χ0v) is 21.7. The lowest BCUT2D eigenvalue weighted by Crippen LogP contribution is -2.42. The van der Waals surface area contributed by atoms with E-state index in [1.54, 1.807) is 25.4 Å². The number of nitrogens with zero attached hydrogens (tertiary/aromatic N) is 3. The number of aromatic nitrogens is 1. The van der Waals surface area contributed by atoms with Gasteiger partial charge in [0.2, 0.25) is 0 Å². The van der Waals surface area contributed by atoms with Crippen molar-refractivity contribution in [3.05, 3.63) is 68.8 Å². The van der Waals surface area contributed by atoms with Gasteiger partial charge in [-0.15, -0.1) is 11.3 Å². The van der Waals surface area contributed by atoms with Crippen LogP contribution in [0.4, 0.5) is 5.00 Å². The van der Waals surface area contributed by atoms with Crippen LogP contribution in [0.2, 0.25) is 0 Å². The number of ketones is 1. The average molecular weight is 503 g/mol. The van der Waals surface area contributed by atoms with Gasteiger partial charge in [0.05, 0.1) is 29.7 Å². The summed E-state index contributed by atoms with van der Waals surface area (Å²) in [7, 11) is 0. The van der Waals surface area contributed by atoms with Gasteiger partial charge in [0.1, 0.15) is 10.8 Å². The first-order valence-corrected chi connectivity index (χ1v) is 13.3. The summed E-state index contributed by atoms with van der Waals surface area (Å²) >= 11 is 1.54. The van der Waals surface area contributed by atoms with Crippen LogP contribution in [0.15, 0.2) is 47.2 Å². The molecule has 7 nitrogen and oxygen atoms in total. The van der Waals surface area contributed by atoms with E-state index in [1.807, 2.05) is 11.0 Å². The van der Waals surface area contributed by atoms with Crippen molar-refractivity contribution in [3.63, 3.8) is 0 Å². The van der Waals surface area contributed by atoms with Crippen LogP contribution < -0.4 is 10.6 Å². The van der Waals surface area contributed by atoms with Crippen molar-refractivity contribution in [2.24, 2.45) is 11.1 Å². The molecule has 0 aromatic carbocycles. The number of esters is 1. The molecule has 0 bridgehead atoms. The minimum atomic E-state index is -0.584. The van der Waals surface area contributed by atoms with E-state index >= 15 is 0 Å². The molecule has 2 N–H and O–H groups in total. The number of Topliss-reactive ketones (excluding diaryl/α,β-unsaturated/α-hetero) is 1. The Morgan fingerprint density at radius 2 is 2.11 bits per heavy atom. The van der Waals surface area contributed by atoms with Crippen LogP contribution in [0, 0.1) is 16.7 Å². The lowest BCUT2D eigenvalue weighted by molar-refractivity contribution is -0.118. The van der Waals surface area contributed by atoms with Gasteiger partial charge in [-0.1, -0.05) is 19.9 Å². The highest BCUT2D eigenvalue weighted by Gasteiger charge is 2.46. The molecule has 0 saturated carbocycles. The summed E-state index contributed by atoms with van der Waals surface area (Å²) in [5, 5.41) is 11.0. The van der Waals surface area contributed by atoms with Gasteiger partial charge in [0.15, 0.2) is 5.78 Å². The van der Waals surface area contributed by atoms with Crippen molar-refractivity contribution in [2.45, 2.75) is 65.2 Å². The van der Waals surface area contributed by atoms with E-state index in [0.717, 1.165) is 47.4 Å². The summed E-state index contributed by atoms with van der Waals surface area (Å²) < 4.78 is 5.49. The Morgan fingerprint density at radius 1 is 1.33 bits per heavy atom. The van der Waals surface area contributed by atoms with Crippen molar-refractivity contribution in [1.29, 1.82) is 5.26 Å². The van der Waals surface area contributed by atoms with Crippen molar-refractivity contribution in [2.75, 3.05) is 11.5 Å². The van der Waals surface area contributed by atoms with E-state index in [-0.39, 0.29) is 29.6 Å². The maximum absolute atomic E-state index is 13.7. The number of carbonyl (C=O) groups excluding carboxylic acids is 2. The molecular weight excluding hydrogens is 472 g/mol. The molecule has 1 aliphatic heterocycles. The Morgan fingerprint density at radius 3 is 2.81 bits per heavy atom. The van der Waals surface area contributed by atoms with E-state index in [1.165, 1.54) is 11.3 Å². The monoisotopic (exact) mass is 502 g/mol. The number of rotatable bonds is 4. The zero-order valence-electron chi connectivity index (χ0n) is 20.9. The number of nitrogens with two attached hydrogens (primary N) is 1. The largest absolute Gasteiger partial charge is 0.462 e. The van der Waals surface area contributed by atoms with E-state index in [0.29, 0.717) is 34.6 Å². The molecule has 0 fully saturated rings. The second-order valence-corrected chi connectivity index (χ2v) is 11.5. The summed E-state index contributed by atoms with van der Waals surface area (Å²) in [6.07, 6.45) is 8.09. The first-order valence-electron chi connectivity index (χ1n) is 12.4. The van der Waals surface area contributed by atoms with Crippen LogP contribution >= 0.6 is 11.3 Å². The smallest absolute Gasteiger partial charge is 0.341 e. The number of nitriles is 1. The molecule has 0 spiro atoms. The number of allylic oxidation sites excluding steroid dienone is 3.